The molecule has 2 aromatic rings. The highest BCUT2D eigenvalue weighted by atomic mass is 32.2. The van der Waals surface area contributed by atoms with Gasteiger partial charge in [-0.1, -0.05) is 23.9 Å². The Hall–Kier alpha value is -1.82. The summed E-state index contributed by atoms with van der Waals surface area (Å²) in [5.74, 6) is 2.49. The number of carbonyl (C=O) groups excluding carboxylic acids is 1. The number of nitrogens with zero attached hydrogens (tertiary/aromatic N) is 2. The summed E-state index contributed by atoms with van der Waals surface area (Å²) in [5.41, 5.74) is 0.676. The minimum atomic E-state index is -0.283. The molecule has 0 unspecified atom stereocenters. The van der Waals surface area contributed by atoms with Crippen molar-refractivity contribution in [1.82, 2.24) is 14.9 Å². The zero-order valence-electron chi connectivity index (χ0n) is 17.2. The van der Waals surface area contributed by atoms with Crippen molar-refractivity contribution in [1.29, 1.82) is 0 Å². The second-order valence-electron chi connectivity index (χ2n) is 9.41. The molecule has 6 rings (SSSR count). The van der Waals surface area contributed by atoms with E-state index in [-0.39, 0.29) is 22.3 Å². The van der Waals surface area contributed by atoms with E-state index in [4.69, 9.17) is 4.98 Å². The standard InChI is InChI=1S/C23H29N3O2S/c1-3-26-21(28)18-6-4-5-7-19(18)24-22(26)29-14(2)20(27)25-23-11-15-8-16(12-23)10-17(9-15)13-23/h4-7,14-17H,3,8-13H2,1-2H3,(H,25,27)/t14-,15?,16?,17?,23?/m1/s1. The summed E-state index contributed by atoms with van der Waals surface area (Å²) in [6, 6.07) is 7.43. The molecule has 0 radical (unpaired) electrons. The van der Waals surface area contributed by atoms with Crippen LogP contribution in [0.2, 0.25) is 0 Å². The van der Waals surface area contributed by atoms with E-state index in [1.807, 2.05) is 38.1 Å². The van der Waals surface area contributed by atoms with Crippen molar-refractivity contribution >= 4 is 28.6 Å². The van der Waals surface area contributed by atoms with Gasteiger partial charge in [0.1, 0.15) is 0 Å². The van der Waals surface area contributed by atoms with Gasteiger partial charge < -0.3 is 5.32 Å². The molecule has 0 saturated heterocycles. The van der Waals surface area contributed by atoms with Crippen molar-refractivity contribution in [2.24, 2.45) is 17.8 Å². The van der Waals surface area contributed by atoms with Gasteiger partial charge in [0.05, 0.1) is 16.2 Å². The normalized spacial score (nSPS) is 31.2. The first-order valence-corrected chi connectivity index (χ1v) is 11.8. The van der Waals surface area contributed by atoms with Crippen LogP contribution in [0, 0.1) is 17.8 Å². The number of carbonyl (C=O) groups is 1. The van der Waals surface area contributed by atoms with Gasteiger partial charge in [-0.2, -0.15) is 0 Å². The highest BCUT2D eigenvalue weighted by Crippen LogP contribution is 2.55. The summed E-state index contributed by atoms with van der Waals surface area (Å²) in [6.45, 7) is 4.42. The molecule has 1 amide bonds. The molecule has 1 aromatic carbocycles. The van der Waals surface area contributed by atoms with Crippen molar-refractivity contribution in [3.8, 4) is 0 Å². The minimum Gasteiger partial charge on any atom is -0.350 e. The molecule has 6 heteroatoms. The fourth-order valence-electron chi connectivity index (χ4n) is 6.35. The molecule has 0 spiro atoms. The van der Waals surface area contributed by atoms with Gasteiger partial charge in [0.15, 0.2) is 5.16 Å². The third-order valence-electron chi connectivity index (χ3n) is 7.22. The van der Waals surface area contributed by atoms with Gasteiger partial charge in [0.25, 0.3) is 5.56 Å². The molecular formula is C23H29N3O2S. The van der Waals surface area contributed by atoms with E-state index in [9.17, 15) is 9.59 Å². The molecule has 1 atom stereocenters. The SMILES string of the molecule is CCn1c(S[C@H](C)C(=O)NC23CC4CC(CC(C4)C2)C3)nc2ccccc2c1=O. The number of fused-ring (bicyclic) bond motifs is 1. The smallest absolute Gasteiger partial charge is 0.262 e. The lowest BCUT2D eigenvalue weighted by Gasteiger charge is -2.57. The van der Waals surface area contributed by atoms with Crippen molar-refractivity contribution in [2.75, 3.05) is 0 Å². The Balaban J connectivity index is 1.36. The van der Waals surface area contributed by atoms with Gasteiger partial charge in [0, 0.05) is 12.1 Å². The molecule has 4 aliphatic carbocycles. The van der Waals surface area contributed by atoms with Crippen LogP contribution in [-0.2, 0) is 11.3 Å². The summed E-state index contributed by atoms with van der Waals surface area (Å²) in [5, 5.41) is 4.43. The topological polar surface area (TPSA) is 64.0 Å². The van der Waals surface area contributed by atoms with Gasteiger partial charge in [-0.3, -0.25) is 14.2 Å². The molecule has 4 fully saturated rings. The first kappa shape index (κ1) is 19.2. The number of thioether (sulfide) groups is 1. The van der Waals surface area contributed by atoms with E-state index in [1.54, 1.807) is 4.57 Å². The zero-order chi connectivity index (χ0) is 20.2. The number of hydrogen-bond acceptors (Lipinski definition) is 4. The lowest BCUT2D eigenvalue weighted by Crippen LogP contribution is -2.60. The summed E-state index contributed by atoms with van der Waals surface area (Å²) in [6.07, 6.45) is 7.54. The van der Waals surface area contributed by atoms with Crippen molar-refractivity contribution < 1.29 is 4.79 Å². The molecule has 1 heterocycles. The largest absolute Gasteiger partial charge is 0.350 e. The van der Waals surface area contributed by atoms with Crippen LogP contribution in [0.5, 0.6) is 0 Å². The maximum absolute atomic E-state index is 13.1. The van der Waals surface area contributed by atoms with Crippen LogP contribution >= 0.6 is 11.8 Å². The van der Waals surface area contributed by atoms with Crippen LogP contribution in [0.25, 0.3) is 10.9 Å². The van der Waals surface area contributed by atoms with Crippen LogP contribution in [0.15, 0.2) is 34.2 Å². The van der Waals surface area contributed by atoms with E-state index < -0.39 is 0 Å². The van der Waals surface area contributed by atoms with Crippen LogP contribution in [0.3, 0.4) is 0 Å². The summed E-state index contributed by atoms with van der Waals surface area (Å²) in [4.78, 5) is 30.7. The Bertz CT molecular complexity index is 980. The molecule has 4 saturated carbocycles. The predicted octanol–water partition coefficient (Wildman–Crippen LogP) is 3.98. The van der Waals surface area contributed by atoms with Crippen LogP contribution in [0.1, 0.15) is 52.4 Å². The predicted molar refractivity (Wildman–Crippen MR) is 116 cm³/mol. The number of nitrogens with one attached hydrogen (secondary N) is 1. The fraction of sp³-hybridized carbons (Fsp3) is 0.609. The Morgan fingerprint density at radius 1 is 1.21 bits per heavy atom. The van der Waals surface area contributed by atoms with Crippen LogP contribution in [-0.4, -0.2) is 26.2 Å². The lowest BCUT2D eigenvalue weighted by molar-refractivity contribution is -0.126. The van der Waals surface area contributed by atoms with Gasteiger partial charge >= 0.3 is 0 Å². The van der Waals surface area contributed by atoms with Gasteiger partial charge in [-0.25, -0.2) is 4.98 Å². The van der Waals surface area contributed by atoms with Gasteiger partial charge in [-0.15, -0.1) is 0 Å². The van der Waals surface area contributed by atoms with Crippen molar-refractivity contribution in [2.45, 2.75) is 74.9 Å². The number of para-hydroxylation sites is 1. The van der Waals surface area contributed by atoms with Gasteiger partial charge in [-0.05, 0) is 82.3 Å². The Kier molecular flexibility index (Phi) is 4.72. The first-order chi connectivity index (χ1) is 14.0. The number of benzene rings is 1. The number of aromatic nitrogens is 2. The maximum atomic E-state index is 13.1. The molecule has 4 aliphatic rings. The molecule has 1 aromatic heterocycles. The van der Waals surface area contributed by atoms with Crippen molar-refractivity contribution in [3.63, 3.8) is 0 Å². The molecular weight excluding hydrogens is 382 g/mol. The number of amides is 1. The Morgan fingerprint density at radius 3 is 2.45 bits per heavy atom. The Labute approximate surface area is 175 Å². The fourth-order valence-corrected chi connectivity index (χ4v) is 7.33. The van der Waals surface area contributed by atoms with E-state index in [0.717, 1.165) is 37.0 Å². The van der Waals surface area contributed by atoms with E-state index in [0.29, 0.717) is 22.6 Å². The summed E-state index contributed by atoms with van der Waals surface area (Å²) in [7, 11) is 0. The molecule has 5 nitrogen and oxygen atoms in total. The van der Waals surface area contributed by atoms with Gasteiger partial charge in [0.2, 0.25) is 5.91 Å². The molecule has 0 aliphatic heterocycles. The summed E-state index contributed by atoms with van der Waals surface area (Å²) >= 11 is 1.40. The second kappa shape index (κ2) is 7.15. The number of rotatable bonds is 5. The lowest BCUT2D eigenvalue weighted by atomic mass is 9.53. The van der Waals surface area contributed by atoms with Crippen molar-refractivity contribution in [3.05, 3.63) is 34.6 Å². The van der Waals surface area contributed by atoms with E-state index in [2.05, 4.69) is 5.32 Å². The number of hydrogen-bond donors (Lipinski definition) is 1. The average molecular weight is 412 g/mol. The highest BCUT2D eigenvalue weighted by molar-refractivity contribution is 8.00. The zero-order valence-corrected chi connectivity index (χ0v) is 18.0. The van der Waals surface area contributed by atoms with E-state index in [1.165, 1.54) is 31.0 Å². The third-order valence-corrected chi connectivity index (χ3v) is 8.31. The maximum Gasteiger partial charge on any atom is 0.262 e. The van der Waals surface area contributed by atoms with Crippen LogP contribution in [0.4, 0.5) is 0 Å². The average Bonchev–Trinajstić information content (AvgIpc) is 2.67. The Morgan fingerprint density at radius 2 is 1.83 bits per heavy atom. The molecule has 1 N–H and O–H groups in total. The molecule has 154 valence electrons. The second-order valence-corrected chi connectivity index (χ2v) is 10.7. The monoisotopic (exact) mass is 411 g/mol. The minimum absolute atomic E-state index is 0.0158. The highest BCUT2D eigenvalue weighted by Gasteiger charge is 2.51. The quantitative estimate of drug-likeness (QED) is 0.597. The van der Waals surface area contributed by atoms with Crippen LogP contribution < -0.4 is 10.9 Å². The third kappa shape index (κ3) is 3.39. The first-order valence-electron chi connectivity index (χ1n) is 10.9. The molecule has 29 heavy (non-hydrogen) atoms. The summed E-state index contributed by atoms with van der Waals surface area (Å²) < 4.78 is 1.68. The van der Waals surface area contributed by atoms with E-state index >= 15 is 0 Å². The molecule has 4 bridgehead atoms.